The number of benzene rings is 2. The molecule has 0 aliphatic carbocycles. The Bertz CT molecular complexity index is 785. The number of carbonyl (C=O) groups excluding carboxylic acids is 2. The molecule has 3 nitrogen and oxygen atoms in total. The van der Waals surface area contributed by atoms with Crippen LogP contribution < -0.4 is 4.90 Å². The van der Waals surface area contributed by atoms with E-state index in [1.54, 1.807) is 0 Å². The maximum Gasteiger partial charge on any atom is 0.237 e. The van der Waals surface area contributed by atoms with E-state index >= 15 is 0 Å². The van der Waals surface area contributed by atoms with Crippen molar-refractivity contribution in [1.29, 1.82) is 0 Å². The van der Waals surface area contributed by atoms with E-state index in [2.05, 4.69) is 22.0 Å². The predicted octanol–water partition coefficient (Wildman–Crippen LogP) is 4.19. The number of anilines is 1. The third-order valence-electron chi connectivity index (χ3n) is 4.15. The lowest BCUT2D eigenvalue weighted by Gasteiger charge is -2.17. The molecule has 1 heterocycles. The van der Waals surface area contributed by atoms with Gasteiger partial charge in [-0.15, -0.1) is 0 Å². The second-order valence-electron chi connectivity index (χ2n) is 6.12. The number of amides is 2. The quantitative estimate of drug-likeness (QED) is 0.758. The maximum absolute atomic E-state index is 12.7. The van der Waals surface area contributed by atoms with Gasteiger partial charge < -0.3 is 0 Å². The van der Waals surface area contributed by atoms with E-state index in [-0.39, 0.29) is 24.2 Å². The van der Waals surface area contributed by atoms with Gasteiger partial charge in [-0.3, -0.25) is 9.59 Å². The molecule has 0 radical (unpaired) electrons. The lowest BCUT2D eigenvalue weighted by Crippen LogP contribution is -2.31. The lowest BCUT2D eigenvalue weighted by molar-refractivity contribution is -0.122. The molecule has 2 aromatic carbocycles. The first-order valence-electron chi connectivity index (χ1n) is 7.64. The number of halogens is 1. The average Bonchev–Trinajstić information content (AvgIpc) is 2.74. The van der Waals surface area contributed by atoms with Crippen LogP contribution >= 0.6 is 15.9 Å². The lowest BCUT2D eigenvalue weighted by atomic mass is 9.97. The van der Waals surface area contributed by atoms with Gasteiger partial charge in [-0.1, -0.05) is 35.9 Å². The molecule has 118 valence electrons. The predicted molar refractivity (Wildman–Crippen MR) is 94.4 cm³/mol. The normalized spacial score (nSPS) is 17.9. The van der Waals surface area contributed by atoms with Crippen LogP contribution in [-0.4, -0.2) is 11.8 Å². The fourth-order valence-corrected chi connectivity index (χ4v) is 3.69. The molecule has 1 aliphatic heterocycles. The first-order chi connectivity index (χ1) is 11.0. The molecule has 1 aliphatic rings. The topological polar surface area (TPSA) is 37.4 Å². The summed E-state index contributed by atoms with van der Waals surface area (Å²) in [6.45, 7) is 4.00. The second kappa shape index (κ2) is 6.28. The molecule has 0 aromatic heterocycles. The van der Waals surface area contributed by atoms with Gasteiger partial charge in [0.05, 0.1) is 11.6 Å². The summed E-state index contributed by atoms with van der Waals surface area (Å²) in [6.07, 6.45) is 0.874. The fourth-order valence-electron chi connectivity index (χ4n) is 3.02. The van der Waals surface area contributed by atoms with Crippen LogP contribution in [0.1, 0.15) is 23.1 Å². The van der Waals surface area contributed by atoms with E-state index in [0.717, 1.165) is 21.2 Å². The van der Waals surface area contributed by atoms with Crippen molar-refractivity contribution in [3.8, 4) is 0 Å². The molecular formula is C19H18BrNO2. The van der Waals surface area contributed by atoms with Crippen molar-refractivity contribution in [2.75, 3.05) is 4.90 Å². The summed E-state index contributed by atoms with van der Waals surface area (Å²) in [5.41, 5.74) is 3.98. The molecule has 3 rings (SSSR count). The van der Waals surface area contributed by atoms with Gasteiger partial charge in [0, 0.05) is 10.9 Å². The largest absolute Gasteiger partial charge is 0.274 e. The molecule has 0 spiro atoms. The molecule has 2 amide bonds. The third kappa shape index (κ3) is 3.22. The van der Waals surface area contributed by atoms with Crippen LogP contribution in [0.2, 0.25) is 0 Å². The van der Waals surface area contributed by atoms with Crippen molar-refractivity contribution < 1.29 is 9.59 Å². The summed E-state index contributed by atoms with van der Waals surface area (Å²) < 4.78 is 0.774. The van der Waals surface area contributed by atoms with Gasteiger partial charge >= 0.3 is 0 Å². The Labute approximate surface area is 144 Å². The number of nitrogens with zero attached hydrogens (tertiary/aromatic N) is 1. The molecule has 4 heteroatoms. The summed E-state index contributed by atoms with van der Waals surface area (Å²) in [5, 5.41) is 0. The smallest absolute Gasteiger partial charge is 0.237 e. The molecule has 23 heavy (non-hydrogen) atoms. The molecule has 0 N–H and O–H groups in total. The van der Waals surface area contributed by atoms with Crippen LogP contribution in [-0.2, 0) is 16.0 Å². The Morgan fingerprint density at radius 1 is 1.09 bits per heavy atom. The van der Waals surface area contributed by atoms with E-state index in [0.29, 0.717) is 12.1 Å². The fraction of sp³-hybridized carbons (Fsp3) is 0.263. The van der Waals surface area contributed by atoms with Gasteiger partial charge in [0.2, 0.25) is 11.8 Å². The molecule has 0 bridgehead atoms. The van der Waals surface area contributed by atoms with Crippen LogP contribution in [0, 0.1) is 19.8 Å². The molecule has 1 atom stereocenters. The van der Waals surface area contributed by atoms with Gasteiger partial charge in [0.1, 0.15) is 0 Å². The van der Waals surface area contributed by atoms with Crippen molar-refractivity contribution in [2.45, 2.75) is 26.7 Å². The molecule has 2 aromatic rings. The van der Waals surface area contributed by atoms with Crippen LogP contribution in [0.3, 0.4) is 0 Å². The van der Waals surface area contributed by atoms with Gasteiger partial charge in [0.15, 0.2) is 0 Å². The van der Waals surface area contributed by atoms with Gasteiger partial charge in [-0.25, -0.2) is 4.90 Å². The van der Waals surface area contributed by atoms with Crippen LogP contribution in [0.25, 0.3) is 0 Å². The molecule has 1 saturated heterocycles. The Kier molecular flexibility index (Phi) is 4.35. The van der Waals surface area contributed by atoms with E-state index in [4.69, 9.17) is 0 Å². The second-order valence-corrected chi connectivity index (χ2v) is 6.97. The monoisotopic (exact) mass is 371 g/mol. The van der Waals surface area contributed by atoms with Crippen LogP contribution in [0.4, 0.5) is 5.69 Å². The first-order valence-corrected chi connectivity index (χ1v) is 8.43. The molecular weight excluding hydrogens is 354 g/mol. The highest BCUT2D eigenvalue weighted by atomic mass is 79.9. The Morgan fingerprint density at radius 3 is 2.52 bits per heavy atom. The SMILES string of the molecule is Cc1cccc(C[C@H]2CC(=O)N(c3ccc(C)cc3Br)C2=O)c1. The Balaban J connectivity index is 1.85. The Morgan fingerprint density at radius 2 is 1.83 bits per heavy atom. The zero-order valence-electron chi connectivity index (χ0n) is 13.2. The van der Waals surface area contributed by atoms with Crippen molar-refractivity contribution in [2.24, 2.45) is 5.92 Å². The van der Waals surface area contributed by atoms with Crippen molar-refractivity contribution in [3.05, 3.63) is 63.6 Å². The van der Waals surface area contributed by atoms with Crippen molar-refractivity contribution >= 4 is 33.4 Å². The van der Waals surface area contributed by atoms with E-state index in [9.17, 15) is 9.59 Å². The highest BCUT2D eigenvalue weighted by Gasteiger charge is 2.40. The molecule has 0 unspecified atom stereocenters. The zero-order chi connectivity index (χ0) is 16.6. The van der Waals surface area contributed by atoms with Gasteiger partial charge in [-0.05, 0) is 59.5 Å². The maximum atomic E-state index is 12.7. The number of hydrogen-bond acceptors (Lipinski definition) is 2. The highest BCUT2D eigenvalue weighted by Crippen LogP contribution is 2.34. The Hall–Kier alpha value is -1.94. The molecule has 0 saturated carbocycles. The van der Waals surface area contributed by atoms with Crippen LogP contribution in [0.15, 0.2) is 46.9 Å². The third-order valence-corrected chi connectivity index (χ3v) is 4.78. The van der Waals surface area contributed by atoms with Gasteiger partial charge in [0.25, 0.3) is 0 Å². The zero-order valence-corrected chi connectivity index (χ0v) is 14.8. The average molecular weight is 372 g/mol. The number of aryl methyl sites for hydroxylation is 2. The molecule has 1 fully saturated rings. The first kappa shape index (κ1) is 15.9. The summed E-state index contributed by atoms with van der Waals surface area (Å²) in [4.78, 5) is 26.4. The van der Waals surface area contributed by atoms with E-state index < -0.39 is 0 Å². The van der Waals surface area contributed by atoms with Crippen molar-refractivity contribution in [3.63, 3.8) is 0 Å². The highest BCUT2D eigenvalue weighted by molar-refractivity contribution is 9.10. The summed E-state index contributed by atoms with van der Waals surface area (Å²) in [5.74, 6) is -0.518. The minimum Gasteiger partial charge on any atom is -0.274 e. The van der Waals surface area contributed by atoms with Crippen molar-refractivity contribution in [1.82, 2.24) is 0 Å². The van der Waals surface area contributed by atoms with Gasteiger partial charge in [-0.2, -0.15) is 0 Å². The number of carbonyl (C=O) groups is 2. The summed E-state index contributed by atoms with van der Waals surface area (Å²) in [7, 11) is 0. The minimum atomic E-state index is -0.280. The summed E-state index contributed by atoms with van der Waals surface area (Å²) in [6, 6.07) is 13.8. The summed E-state index contributed by atoms with van der Waals surface area (Å²) >= 11 is 3.46. The number of imide groups is 1. The van der Waals surface area contributed by atoms with E-state index in [1.807, 2.05) is 50.2 Å². The number of rotatable bonds is 3. The minimum absolute atomic E-state index is 0.110. The standard InChI is InChI=1S/C19H18BrNO2/c1-12-4-3-5-14(8-12)10-15-11-18(22)21(19(15)23)17-7-6-13(2)9-16(17)20/h3-9,15H,10-11H2,1-2H3/t15-/m0/s1. The van der Waals surface area contributed by atoms with Crippen LogP contribution in [0.5, 0.6) is 0 Å². The van der Waals surface area contributed by atoms with E-state index in [1.165, 1.54) is 4.90 Å². The number of hydrogen-bond donors (Lipinski definition) is 0.